The van der Waals surface area contributed by atoms with E-state index in [9.17, 15) is 13.6 Å². The van der Waals surface area contributed by atoms with Crippen LogP contribution in [-0.2, 0) is 5.41 Å². The summed E-state index contributed by atoms with van der Waals surface area (Å²) in [7, 11) is 0. The first-order valence-electron chi connectivity index (χ1n) is 12.3. The predicted octanol–water partition coefficient (Wildman–Crippen LogP) is 4.79. The van der Waals surface area contributed by atoms with Crippen molar-refractivity contribution in [3.63, 3.8) is 0 Å². The Bertz CT molecular complexity index is 1350. The van der Waals surface area contributed by atoms with Crippen LogP contribution in [0.2, 0.25) is 0 Å². The molecule has 36 heavy (non-hydrogen) atoms. The Labute approximate surface area is 208 Å². The summed E-state index contributed by atoms with van der Waals surface area (Å²) in [5.41, 5.74) is 1.82. The Morgan fingerprint density at radius 2 is 1.94 bits per heavy atom. The molecule has 0 unspecified atom stereocenters. The molecule has 2 aliphatic rings. The smallest absolute Gasteiger partial charge is 0.274 e. The molecule has 1 saturated heterocycles. The lowest BCUT2D eigenvalue weighted by Gasteiger charge is -2.40. The lowest BCUT2D eigenvalue weighted by Crippen LogP contribution is -2.49. The summed E-state index contributed by atoms with van der Waals surface area (Å²) >= 11 is 0. The average molecular weight is 489 g/mol. The summed E-state index contributed by atoms with van der Waals surface area (Å²) in [6, 6.07) is 7.67. The predicted molar refractivity (Wildman–Crippen MR) is 128 cm³/mol. The zero-order valence-electron chi connectivity index (χ0n) is 20.2. The number of aromatic nitrogens is 4. The van der Waals surface area contributed by atoms with Crippen molar-refractivity contribution in [3.8, 4) is 17.3 Å². The van der Waals surface area contributed by atoms with Crippen molar-refractivity contribution in [1.29, 1.82) is 5.26 Å². The topological polar surface area (TPSA) is 95.7 Å². The van der Waals surface area contributed by atoms with Crippen molar-refractivity contribution >= 4 is 5.91 Å². The molecule has 0 N–H and O–H groups in total. The fourth-order valence-electron chi connectivity index (χ4n) is 5.43. The number of amides is 1. The van der Waals surface area contributed by atoms with Gasteiger partial charge in [-0.25, -0.2) is 13.8 Å². The number of fused-ring (bicyclic) bond motifs is 1. The standard InChI is InChI=1S/C27H26F2N6O/c1-3-17-8-9-27(4-2,23-13-31-12-22(32-23)26(36)35-14-16(11-30)15-35)25-18(17)10-21(33-34-25)24-19(28)6-5-7-20(24)29/h5-7,10,12-13,16-17H,3-4,8-9,14-15H2,1-2H3/t17-,27+/m0/s1. The first kappa shape index (κ1) is 23.9. The molecule has 184 valence electrons. The Morgan fingerprint density at radius 1 is 1.19 bits per heavy atom. The second-order valence-electron chi connectivity index (χ2n) is 9.54. The molecule has 0 bridgehead atoms. The minimum atomic E-state index is -0.684. The molecule has 1 aromatic carbocycles. The van der Waals surface area contributed by atoms with E-state index in [2.05, 4.69) is 28.2 Å². The second-order valence-corrected chi connectivity index (χ2v) is 9.54. The van der Waals surface area contributed by atoms with Crippen LogP contribution in [0.5, 0.6) is 0 Å². The van der Waals surface area contributed by atoms with Crippen molar-refractivity contribution in [3.05, 3.63) is 70.9 Å². The number of carbonyl (C=O) groups is 1. The van der Waals surface area contributed by atoms with Crippen LogP contribution in [0.4, 0.5) is 8.78 Å². The van der Waals surface area contributed by atoms with Gasteiger partial charge in [-0.05, 0) is 55.4 Å². The van der Waals surface area contributed by atoms with E-state index in [4.69, 9.17) is 10.2 Å². The minimum absolute atomic E-state index is 0.146. The van der Waals surface area contributed by atoms with Crippen LogP contribution < -0.4 is 0 Å². The molecule has 3 aromatic rings. The molecule has 0 saturated carbocycles. The summed E-state index contributed by atoms with van der Waals surface area (Å²) in [6.45, 7) is 4.90. The normalized spacial score (nSPS) is 21.4. The number of nitrogens with zero attached hydrogens (tertiary/aromatic N) is 6. The highest BCUT2D eigenvalue weighted by atomic mass is 19.1. The molecule has 0 spiro atoms. The van der Waals surface area contributed by atoms with Crippen molar-refractivity contribution in [2.75, 3.05) is 13.1 Å². The van der Waals surface area contributed by atoms with Crippen molar-refractivity contribution in [2.24, 2.45) is 5.92 Å². The SMILES string of the molecule is CC[C@H]1CC[C@](CC)(c2cncc(C(=O)N3CC(C#N)C3)n2)c2nnc(-c3c(F)cccc3F)cc21. The first-order valence-corrected chi connectivity index (χ1v) is 12.3. The van der Waals surface area contributed by atoms with Gasteiger partial charge in [0.05, 0.1) is 46.2 Å². The van der Waals surface area contributed by atoms with E-state index in [1.807, 2.05) is 6.92 Å². The Kier molecular flexibility index (Phi) is 6.20. The molecule has 1 aliphatic heterocycles. The highest BCUT2D eigenvalue weighted by Gasteiger charge is 2.44. The van der Waals surface area contributed by atoms with Gasteiger partial charge in [-0.1, -0.05) is 19.9 Å². The van der Waals surface area contributed by atoms with E-state index in [-0.39, 0.29) is 34.7 Å². The number of likely N-dealkylation sites (tertiary alicyclic amines) is 1. The van der Waals surface area contributed by atoms with Gasteiger partial charge in [-0.2, -0.15) is 10.4 Å². The van der Waals surface area contributed by atoms with Gasteiger partial charge in [-0.3, -0.25) is 9.78 Å². The van der Waals surface area contributed by atoms with Crippen molar-refractivity contribution < 1.29 is 13.6 Å². The molecule has 3 heterocycles. The second kappa shape index (κ2) is 9.34. The summed E-state index contributed by atoms with van der Waals surface area (Å²) in [5.74, 6) is -1.60. The zero-order chi connectivity index (χ0) is 25.4. The van der Waals surface area contributed by atoms with Crippen molar-refractivity contribution in [2.45, 2.75) is 50.9 Å². The molecule has 1 aliphatic carbocycles. The number of benzene rings is 1. The number of nitriles is 1. The van der Waals surface area contributed by atoms with Gasteiger partial charge in [0.15, 0.2) is 0 Å². The molecular formula is C27H26F2N6O. The fourth-order valence-corrected chi connectivity index (χ4v) is 5.43. The average Bonchev–Trinajstić information content (AvgIpc) is 2.87. The van der Waals surface area contributed by atoms with Crippen LogP contribution in [0.1, 0.15) is 72.9 Å². The van der Waals surface area contributed by atoms with Crippen molar-refractivity contribution in [1.82, 2.24) is 25.1 Å². The van der Waals surface area contributed by atoms with Crippen LogP contribution >= 0.6 is 0 Å². The van der Waals surface area contributed by atoms with E-state index in [0.717, 1.165) is 30.5 Å². The third-order valence-electron chi connectivity index (χ3n) is 7.65. The van der Waals surface area contributed by atoms with Gasteiger partial charge in [-0.15, -0.1) is 5.10 Å². The van der Waals surface area contributed by atoms with Crippen LogP contribution in [0.25, 0.3) is 11.3 Å². The molecule has 5 rings (SSSR count). The zero-order valence-corrected chi connectivity index (χ0v) is 20.2. The Morgan fingerprint density at radius 3 is 2.61 bits per heavy atom. The van der Waals surface area contributed by atoms with E-state index in [1.54, 1.807) is 17.2 Å². The third kappa shape index (κ3) is 3.81. The van der Waals surface area contributed by atoms with Crippen LogP contribution in [0.3, 0.4) is 0 Å². The highest BCUT2D eigenvalue weighted by molar-refractivity contribution is 5.92. The van der Waals surface area contributed by atoms with Gasteiger partial charge >= 0.3 is 0 Å². The largest absolute Gasteiger partial charge is 0.334 e. The van der Waals surface area contributed by atoms with E-state index in [0.29, 0.717) is 25.2 Å². The first-order chi connectivity index (χ1) is 17.4. The Hall–Kier alpha value is -3.80. The number of halogens is 2. The maximum atomic E-state index is 14.5. The van der Waals surface area contributed by atoms with Gasteiger partial charge < -0.3 is 4.90 Å². The molecule has 2 atom stereocenters. The lowest BCUT2D eigenvalue weighted by molar-refractivity contribution is 0.0570. The fraction of sp³-hybridized carbons (Fsp3) is 0.407. The number of hydrogen-bond acceptors (Lipinski definition) is 6. The molecular weight excluding hydrogens is 462 g/mol. The number of hydrogen-bond donors (Lipinski definition) is 0. The van der Waals surface area contributed by atoms with Crippen LogP contribution in [0.15, 0.2) is 36.7 Å². The third-order valence-corrected chi connectivity index (χ3v) is 7.65. The maximum absolute atomic E-state index is 14.5. The molecule has 1 fully saturated rings. The summed E-state index contributed by atoms with van der Waals surface area (Å²) in [4.78, 5) is 23.6. The van der Waals surface area contributed by atoms with Gasteiger partial charge in [0.1, 0.15) is 17.3 Å². The highest BCUT2D eigenvalue weighted by Crippen LogP contribution is 2.48. The molecule has 9 heteroatoms. The lowest BCUT2D eigenvalue weighted by atomic mass is 9.65. The van der Waals surface area contributed by atoms with E-state index >= 15 is 0 Å². The van der Waals surface area contributed by atoms with Crippen LogP contribution in [0, 0.1) is 28.9 Å². The summed E-state index contributed by atoms with van der Waals surface area (Å²) in [6.07, 6.45) is 6.17. The van der Waals surface area contributed by atoms with Crippen LogP contribution in [-0.4, -0.2) is 44.1 Å². The van der Waals surface area contributed by atoms with E-state index in [1.165, 1.54) is 24.4 Å². The number of rotatable bonds is 5. The molecule has 0 radical (unpaired) electrons. The number of carbonyl (C=O) groups excluding carboxylic acids is 1. The monoisotopic (exact) mass is 488 g/mol. The van der Waals surface area contributed by atoms with Gasteiger partial charge in [0.25, 0.3) is 5.91 Å². The quantitative estimate of drug-likeness (QED) is 0.512. The van der Waals surface area contributed by atoms with Gasteiger partial charge in [0.2, 0.25) is 0 Å². The molecule has 1 amide bonds. The molecule has 2 aromatic heterocycles. The molecule has 7 nitrogen and oxygen atoms in total. The van der Waals surface area contributed by atoms with E-state index < -0.39 is 17.0 Å². The minimum Gasteiger partial charge on any atom is -0.334 e. The summed E-state index contributed by atoms with van der Waals surface area (Å²) in [5, 5.41) is 17.8. The summed E-state index contributed by atoms with van der Waals surface area (Å²) < 4.78 is 29.0. The van der Waals surface area contributed by atoms with Gasteiger partial charge in [0, 0.05) is 19.3 Å². The Balaban J connectivity index is 1.58. The maximum Gasteiger partial charge on any atom is 0.274 e.